The van der Waals surface area contributed by atoms with Crippen LogP contribution in [0.2, 0.25) is 0 Å². The molecule has 0 bridgehead atoms. The normalized spacial score (nSPS) is 25.6. The Morgan fingerprint density at radius 1 is 1.10 bits per heavy atom. The molecule has 2 atom stereocenters. The molecule has 7 nitrogen and oxygen atoms in total. The van der Waals surface area contributed by atoms with Crippen LogP contribution in [0, 0.1) is 0 Å². The van der Waals surface area contributed by atoms with Crippen LogP contribution in [-0.4, -0.2) is 66.2 Å². The van der Waals surface area contributed by atoms with Crippen LogP contribution in [0.5, 0.6) is 0 Å². The fourth-order valence-electron chi connectivity index (χ4n) is 3.16. The highest BCUT2D eigenvalue weighted by molar-refractivity contribution is 5.43. The lowest BCUT2D eigenvalue weighted by Crippen LogP contribution is -2.34. The summed E-state index contributed by atoms with van der Waals surface area (Å²) in [5.74, 6) is 1.95. The van der Waals surface area contributed by atoms with Crippen LogP contribution in [0.4, 0.5) is 17.8 Å². The highest BCUT2D eigenvalue weighted by Crippen LogP contribution is 2.29. The molecule has 7 heteroatoms. The summed E-state index contributed by atoms with van der Waals surface area (Å²) in [6, 6.07) is 1.10. The van der Waals surface area contributed by atoms with Gasteiger partial charge >= 0.3 is 0 Å². The van der Waals surface area contributed by atoms with Crippen molar-refractivity contribution in [2.24, 2.45) is 0 Å². The molecular formula is C13H23N7. The first-order chi connectivity index (χ1) is 9.67. The molecule has 2 saturated heterocycles. The highest BCUT2D eigenvalue weighted by atomic mass is 15.3. The van der Waals surface area contributed by atoms with E-state index in [1.165, 1.54) is 32.4 Å². The molecule has 3 rings (SSSR count). The van der Waals surface area contributed by atoms with Gasteiger partial charge in [-0.25, -0.2) is 0 Å². The van der Waals surface area contributed by atoms with Crippen molar-refractivity contribution in [2.45, 2.75) is 31.3 Å². The second kappa shape index (κ2) is 5.40. The molecule has 2 N–H and O–H groups in total. The number of nitrogens with zero attached hydrogens (tertiary/aromatic N) is 5. The Labute approximate surface area is 119 Å². The van der Waals surface area contributed by atoms with Crippen molar-refractivity contribution in [3.8, 4) is 0 Å². The van der Waals surface area contributed by atoms with Gasteiger partial charge in [0, 0.05) is 39.8 Å². The summed E-state index contributed by atoms with van der Waals surface area (Å²) in [5.41, 5.74) is 0. The number of hydrogen-bond donors (Lipinski definition) is 2. The van der Waals surface area contributed by atoms with Gasteiger partial charge in [0.05, 0.1) is 0 Å². The van der Waals surface area contributed by atoms with Gasteiger partial charge in [-0.2, -0.15) is 15.0 Å². The van der Waals surface area contributed by atoms with Gasteiger partial charge in [-0.05, 0) is 25.8 Å². The fraction of sp³-hybridized carbons (Fsp3) is 0.769. The minimum Gasteiger partial charge on any atom is -0.357 e. The van der Waals surface area contributed by atoms with Gasteiger partial charge in [0.25, 0.3) is 0 Å². The van der Waals surface area contributed by atoms with Crippen molar-refractivity contribution in [3.63, 3.8) is 0 Å². The third kappa shape index (κ3) is 2.49. The first-order valence-corrected chi connectivity index (χ1v) is 7.29. The quantitative estimate of drug-likeness (QED) is 0.836. The molecule has 1 aromatic rings. The molecule has 2 aliphatic heterocycles. The summed E-state index contributed by atoms with van der Waals surface area (Å²) < 4.78 is 0. The van der Waals surface area contributed by atoms with Crippen molar-refractivity contribution in [1.29, 1.82) is 0 Å². The molecule has 110 valence electrons. The first-order valence-electron chi connectivity index (χ1n) is 7.29. The molecular weight excluding hydrogens is 254 g/mol. The lowest BCUT2D eigenvalue weighted by molar-refractivity contribution is 0.318. The zero-order valence-electron chi connectivity index (χ0n) is 12.4. The summed E-state index contributed by atoms with van der Waals surface area (Å²) in [6.45, 7) is 2.43. The van der Waals surface area contributed by atoms with Gasteiger partial charge in [0.2, 0.25) is 17.8 Å². The Morgan fingerprint density at radius 3 is 2.65 bits per heavy atom. The SMILES string of the molecule is CNc1nc(NC2CCN3CCCC23)nc(N(C)C)n1. The van der Waals surface area contributed by atoms with Crippen molar-refractivity contribution in [1.82, 2.24) is 19.9 Å². The molecule has 1 aromatic heterocycles. The third-order valence-corrected chi connectivity index (χ3v) is 4.17. The van der Waals surface area contributed by atoms with Crippen molar-refractivity contribution in [3.05, 3.63) is 0 Å². The van der Waals surface area contributed by atoms with Crippen molar-refractivity contribution in [2.75, 3.05) is 49.8 Å². The number of rotatable bonds is 4. The Hall–Kier alpha value is -1.63. The zero-order valence-corrected chi connectivity index (χ0v) is 12.4. The predicted molar refractivity (Wildman–Crippen MR) is 80.3 cm³/mol. The molecule has 20 heavy (non-hydrogen) atoms. The van der Waals surface area contributed by atoms with Gasteiger partial charge in [0.1, 0.15) is 0 Å². The summed E-state index contributed by atoms with van der Waals surface area (Å²) in [7, 11) is 5.70. The minimum absolute atomic E-state index is 0.458. The number of nitrogens with one attached hydrogen (secondary N) is 2. The second-order valence-corrected chi connectivity index (χ2v) is 5.71. The molecule has 2 unspecified atom stereocenters. The van der Waals surface area contributed by atoms with Gasteiger partial charge in [0.15, 0.2) is 0 Å². The van der Waals surface area contributed by atoms with Crippen LogP contribution < -0.4 is 15.5 Å². The summed E-state index contributed by atoms with van der Waals surface area (Å²) >= 11 is 0. The van der Waals surface area contributed by atoms with Crippen LogP contribution in [0.1, 0.15) is 19.3 Å². The highest BCUT2D eigenvalue weighted by Gasteiger charge is 2.37. The fourth-order valence-corrected chi connectivity index (χ4v) is 3.16. The molecule has 2 fully saturated rings. The molecule has 0 radical (unpaired) electrons. The summed E-state index contributed by atoms with van der Waals surface area (Å²) in [5, 5.41) is 6.51. The van der Waals surface area contributed by atoms with Crippen molar-refractivity contribution < 1.29 is 0 Å². The Bertz CT molecular complexity index is 476. The average Bonchev–Trinajstić information content (AvgIpc) is 3.03. The molecule has 0 spiro atoms. The largest absolute Gasteiger partial charge is 0.357 e. The number of aromatic nitrogens is 3. The van der Waals surface area contributed by atoms with E-state index in [0.29, 0.717) is 29.9 Å². The molecule has 0 saturated carbocycles. The lowest BCUT2D eigenvalue weighted by Gasteiger charge is -2.22. The molecule has 0 aliphatic carbocycles. The first kappa shape index (κ1) is 13.4. The maximum Gasteiger partial charge on any atom is 0.231 e. The van der Waals surface area contributed by atoms with E-state index in [1.807, 2.05) is 26.0 Å². The molecule has 3 heterocycles. The third-order valence-electron chi connectivity index (χ3n) is 4.17. The second-order valence-electron chi connectivity index (χ2n) is 5.71. The van der Waals surface area contributed by atoms with Gasteiger partial charge in [-0.1, -0.05) is 0 Å². The zero-order chi connectivity index (χ0) is 14.1. The maximum atomic E-state index is 4.49. The summed E-state index contributed by atoms with van der Waals surface area (Å²) in [4.78, 5) is 17.7. The van der Waals surface area contributed by atoms with Crippen LogP contribution in [-0.2, 0) is 0 Å². The van der Waals surface area contributed by atoms with E-state index in [0.717, 1.165) is 0 Å². The maximum absolute atomic E-state index is 4.49. The van der Waals surface area contributed by atoms with E-state index in [1.54, 1.807) is 0 Å². The number of hydrogen-bond acceptors (Lipinski definition) is 7. The lowest BCUT2D eigenvalue weighted by atomic mass is 10.1. The topological polar surface area (TPSA) is 69.2 Å². The van der Waals surface area contributed by atoms with Gasteiger partial charge < -0.3 is 15.5 Å². The Balaban J connectivity index is 1.78. The summed E-state index contributed by atoms with van der Waals surface area (Å²) in [6.07, 6.45) is 3.76. The minimum atomic E-state index is 0.458. The van der Waals surface area contributed by atoms with E-state index in [9.17, 15) is 0 Å². The number of fused-ring (bicyclic) bond motifs is 1. The monoisotopic (exact) mass is 277 g/mol. The van der Waals surface area contributed by atoms with E-state index in [-0.39, 0.29) is 0 Å². The molecule has 0 amide bonds. The number of anilines is 3. The van der Waals surface area contributed by atoms with E-state index < -0.39 is 0 Å². The average molecular weight is 277 g/mol. The van der Waals surface area contributed by atoms with Gasteiger partial charge in [-0.3, -0.25) is 4.90 Å². The standard InChI is InChI=1S/C13H23N7/c1-14-11-16-12(18-13(17-11)19(2)3)15-9-6-8-20-7-4-5-10(9)20/h9-10H,4-8H2,1-3H3,(H2,14,15,16,17,18). The van der Waals surface area contributed by atoms with Crippen molar-refractivity contribution >= 4 is 17.8 Å². The predicted octanol–water partition coefficient (Wildman–Crippen LogP) is 0.628. The Kier molecular flexibility index (Phi) is 3.60. The van der Waals surface area contributed by atoms with Crippen LogP contribution >= 0.6 is 0 Å². The Morgan fingerprint density at radius 2 is 1.90 bits per heavy atom. The van der Waals surface area contributed by atoms with Crippen LogP contribution in [0.25, 0.3) is 0 Å². The molecule has 2 aliphatic rings. The van der Waals surface area contributed by atoms with E-state index in [4.69, 9.17) is 0 Å². The molecule has 0 aromatic carbocycles. The van der Waals surface area contributed by atoms with E-state index in [2.05, 4.69) is 30.5 Å². The van der Waals surface area contributed by atoms with Gasteiger partial charge in [-0.15, -0.1) is 0 Å². The van der Waals surface area contributed by atoms with Crippen LogP contribution in [0.15, 0.2) is 0 Å². The smallest absolute Gasteiger partial charge is 0.231 e. The van der Waals surface area contributed by atoms with E-state index >= 15 is 0 Å². The van der Waals surface area contributed by atoms with Crippen LogP contribution in [0.3, 0.4) is 0 Å².